The molecule has 0 aliphatic carbocycles. The van der Waals surface area contributed by atoms with Crippen LogP contribution in [0.5, 0.6) is 0 Å². The Morgan fingerprint density at radius 2 is 1.35 bits per heavy atom. The smallest absolute Gasteiger partial charge is 0.244 e. The number of hydrogen-bond acceptors (Lipinski definition) is 3. The van der Waals surface area contributed by atoms with E-state index in [2.05, 4.69) is 30.3 Å². The number of amides is 1. The van der Waals surface area contributed by atoms with Crippen LogP contribution in [0.1, 0.15) is 38.9 Å². The summed E-state index contributed by atoms with van der Waals surface area (Å²) in [6.07, 6.45) is 18.0. The number of benzene rings is 3. The van der Waals surface area contributed by atoms with E-state index in [1.165, 1.54) is 0 Å². The average Bonchev–Trinajstić information content (AvgIpc) is 3.26. The second kappa shape index (κ2) is 12.1. The van der Waals surface area contributed by atoms with Gasteiger partial charge in [0.15, 0.2) is 0 Å². The van der Waals surface area contributed by atoms with Gasteiger partial charge in [-0.05, 0) is 77.6 Å². The summed E-state index contributed by atoms with van der Waals surface area (Å²) in [5.74, 6) is 5.69. The second-order valence-corrected chi connectivity index (χ2v) is 9.48. The first-order valence-corrected chi connectivity index (χ1v) is 12.8. The van der Waals surface area contributed by atoms with E-state index >= 15 is 0 Å². The molecule has 1 aliphatic heterocycles. The lowest BCUT2D eigenvalue weighted by molar-refractivity contribution is -0.118. The summed E-state index contributed by atoms with van der Waals surface area (Å²) in [7, 11) is 0. The van der Waals surface area contributed by atoms with Gasteiger partial charge in [-0.25, -0.2) is 0 Å². The highest BCUT2D eigenvalue weighted by molar-refractivity contribution is 6.11. The van der Waals surface area contributed by atoms with E-state index in [-0.39, 0.29) is 19.1 Å². The molecule has 0 saturated carbocycles. The van der Waals surface area contributed by atoms with Crippen molar-refractivity contribution in [2.24, 2.45) is 0 Å². The molecule has 4 rings (SSSR count). The van der Waals surface area contributed by atoms with Crippen molar-refractivity contribution in [3.05, 3.63) is 136 Å². The van der Waals surface area contributed by atoms with E-state index in [0.717, 1.165) is 44.6 Å². The summed E-state index contributed by atoms with van der Waals surface area (Å²) in [5, 5.41) is 3.12. The largest absolute Gasteiger partial charge is 0.482 e. The molecule has 1 aliphatic rings. The number of ether oxygens (including phenoxy) is 2. The van der Waals surface area contributed by atoms with E-state index in [1.807, 2.05) is 86.7 Å². The van der Waals surface area contributed by atoms with Crippen molar-refractivity contribution in [2.45, 2.75) is 19.3 Å². The van der Waals surface area contributed by atoms with Crippen molar-refractivity contribution >= 4 is 23.7 Å². The Hall–Kier alpha value is -5.19. The van der Waals surface area contributed by atoms with E-state index < -0.39 is 5.41 Å². The van der Waals surface area contributed by atoms with Crippen LogP contribution in [0.15, 0.2) is 97.5 Å². The Kier molecular flexibility index (Phi) is 8.43. The third-order valence-electron chi connectivity index (χ3n) is 6.92. The minimum atomic E-state index is -1.07. The standard InChI is InChI=1S/C36H31NO3/c1-7-21-39-27(5)15-17-29-23-31(19-13-25(29)3)36(33-11-9-10-12-34(33)37-35(36)38)32-20-14-26(4)30(24-32)18-16-28(6)40-22-8-2/h1-2,9-20,23-24H,5-6,21-22H2,3-4H3,(H,37,38)/b17-15-,18-16-. The number of nitrogens with one attached hydrogen (secondary N) is 1. The summed E-state index contributed by atoms with van der Waals surface area (Å²) < 4.78 is 10.8. The number of anilines is 1. The van der Waals surface area contributed by atoms with Crippen LogP contribution in [-0.2, 0) is 19.7 Å². The predicted octanol–water partition coefficient (Wildman–Crippen LogP) is 6.94. The Morgan fingerprint density at radius 3 is 1.85 bits per heavy atom. The van der Waals surface area contributed by atoms with Gasteiger partial charge in [0, 0.05) is 11.3 Å². The molecule has 40 heavy (non-hydrogen) atoms. The molecule has 0 atom stereocenters. The van der Waals surface area contributed by atoms with Crippen LogP contribution in [0, 0.1) is 38.5 Å². The monoisotopic (exact) mass is 525 g/mol. The molecule has 0 radical (unpaired) electrons. The van der Waals surface area contributed by atoms with Crippen molar-refractivity contribution in [3.63, 3.8) is 0 Å². The van der Waals surface area contributed by atoms with Gasteiger partial charge >= 0.3 is 0 Å². The van der Waals surface area contributed by atoms with Crippen LogP contribution in [0.3, 0.4) is 0 Å². The highest BCUT2D eigenvalue weighted by Crippen LogP contribution is 2.48. The van der Waals surface area contributed by atoms with Gasteiger partial charge in [0.1, 0.15) is 30.1 Å². The van der Waals surface area contributed by atoms with E-state index in [9.17, 15) is 4.79 Å². The number of hydrogen-bond donors (Lipinski definition) is 1. The molecule has 3 aromatic rings. The third-order valence-corrected chi connectivity index (χ3v) is 6.92. The van der Waals surface area contributed by atoms with Gasteiger partial charge in [0.05, 0.1) is 0 Å². The van der Waals surface area contributed by atoms with Crippen LogP contribution >= 0.6 is 0 Å². The Bertz CT molecular complexity index is 1530. The normalized spacial score (nSPS) is 13.3. The topological polar surface area (TPSA) is 47.6 Å². The van der Waals surface area contributed by atoms with E-state index in [1.54, 1.807) is 12.2 Å². The fourth-order valence-corrected chi connectivity index (χ4v) is 4.83. The number of para-hydroxylation sites is 1. The second-order valence-electron chi connectivity index (χ2n) is 9.48. The lowest BCUT2D eigenvalue weighted by Crippen LogP contribution is -2.37. The molecular formula is C36H31NO3. The van der Waals surface area contributed by atoms with Crippen molar-refractivity contribution in [1.82, 2.24) is 0 Å². The highest BCUT2D eigenvalue weighted by atomic mass is 16.5. The summed E-state index contributed by atoms with van der Waals surface area (Å²) in [6.45, 7) is 12.1. The number of aryl methyl sites for hydroxylation is 2. The minimum Gasteiger partial charge on any atom is -0.482 e. The van der Waals surface area contributed by atoms with Crippen molar-refractivity contribution < 1.29 is 14.3 Å². The fourth-order valence-electron chi connectivity index (χ4n) is 4.83. The van der Waals surface area contributed by atoms with Gasteiger partial charge in [-0.3, -0.25) is 4.79 Å². The Morgan fingerprint density at radius 1 is 0.850 bits per heavy atom. The van der Waals surface area contributed by atoms with Crippen LogP contribution < -0.4 is 5.32 Å². The summed E-state index contributed by atoms with van der Waals surface area (Å²) >= 11 is 0. The van der Waals surface area contributed by atoms with E-state index in [0.29, 0.717) is 11.5 Å². The lowest BCUT2D eigenvalue weighted by Gasteiger charge is -2.30. The molecular weight excluding hydrogens is 494 g/mol. The zero-order valence-electron chi connectivity index (χ0n) is 22.8. The van der Waals surface area contributed by atoms with Crippen LogP contribution in [0.2, 0.25) is 0 Å². The van der Waals surface area contributed by atoms with Crippen molar-refractivity contribution in [1.29, 1.82) is 0 Å². The maximum Gasteiger partial charge on any atom is 0.244 e. The molecule has 1 amide bonds. The highest BCUT2D eigenvalue weighted by Gasteiger charge is 2.49. The lowest BCUT2D eigenvalue weighted by atomic mass is 9.69. The van der Waals surface area contributed by atoms with Gasteiger partial charge in [-0.1, -0.05) is 79.6 Å². The number of carbonyl (C=O) groups excluding carboxylic acids is 1. The quantitative estimate of drug-likeness (QED) is 0.177. The maximum atomic E-state index is 14.1. The number of fused-ring (bicyclic) bond motifs is 1. The fraction of sp³-hybridized carbons (Fsp3) is 0.139. The molecule has 0 aromatic heterocycles. The molecule has 0 saturated heterocycles. The maximum absolute atomic E-state index is 14.1. The van der Waals surface area contributed by atoms with Crippen LogP contribution in [0.4, 0.5) is 5.69 Å². The molecule has 198 valence electrons. The predicted molar refractivity (Wildman–Crippen MR) is 163 cm³/mol. The Balaban J connectivity index is 1.87. The zero-order valence-corrected chi connectivity index (χ0v) is 22.8. The van der Waals surface area contributed by atoms with Crippen LogP contribution in [0.25, 0.3) is 12.2 Å². The molecule has 0 bridgehead atoms. The molecule has 0 unspecified atom stereocenters. The minimum absolute atomic E-state index is 0.116. The van der Waals surface area contributed by atoms with Gasteiger partial charge in [0.2, 0.25) is 5.91 Å². The summed E-state index contributed by atoms with van der Waals surface area (Å²) in [5.41, 5.74) is 6.26. The zero-order chi connectivity index (χ0) is 28.7. The average molecular weight is 526 g/mol. The van der Waals surface area contributed by atoms with E-state index in [4.69, 9.17) is 22.3 Å². The number of terminal acetylenes is 2. The first kappa shape index (κ1) is 27.8. The number of carbonyl (C=O) groups is 1. The molecule has 0 spiro atoms. The molecule has 3 aromatic carbocycles. The molecule has 4 nitrogen and oxygen atoms in total. The number of allylic oxidation sites excluding steroid dienone is 2. The SMILES string of the molecule is C#CCOC(=C)/C=C\c1cc(C2(c3ccc(C)c(/C=C\C(=C)OCC#C)c3)C(=O)Nc3ccccc32)ccc1C. The summed E-state index contributed by atoms with van der Waals surface area (Å²) in [4.78, 5) is 14.1. The first-order valence-electron chi connectivity index (χ1n) is 12.8. The van der Waals surface area contributed by atoms with Gasteiger partial charge < -0.3 is 14.8 Å². The molecule has 1 heterocycles. The number of rotatable bonds is 10. The van der Waals surface area contributed by atoms with Crippen molar-refractivity contribution in [2.75, 3.05) is 18.5 Å². The molecule has 1 N–H and O–H groups in total. The summed E-state index contributed by atoms with van der Waals surface area (Å²) in [6, 6.07) is 20.0. The Labute approximate surface area is 236 Å². The molecule has 0 fully saturated rings. The first-order chi connectivity index (χ1) is 19.3. The van der Waals surface area contributed by atoms with Gasteiger partial charge in [0.25, 0.3) is 0 Å². The molecule has 4 heteroatoms. The van der Waals surface area contributed by atoms with Gasteiger partial charge in [-0.2, -0.15) is 0 Å². The van der Waals surface area contributed by atoms with Crippen LogP contribution in [-0.4, -0.2) is 19.1 Å². The third kappa shape index (κ3) is 5.48. The van der Waals surface area contributed by atoms with Crippen molar-refractivity contribution in [3.8, 4) is 24.7 Å². The van der Waals surface area contributed by atoms with Gasteiger partial charge in [-0.15, -0.1) is 12.8 Å².